The number of carboxylic acid groups (broad SMARTS) is 1. The number of carbonyl (C=O) groups is 1. The molecule has 0 saturated heterocycles. The lowest BCUT2D eigenvalue weighted by Gasteiger charge is -2.11. The second-order valence-electron chi connectivity index (χ2n) is 4.03. The van der Waals surface area contributed by atoms with Crippen LogP contribution >= 0.6 is 0 Å². The maximum atomic E-state index is 11.2. The summed E-state index contributed by atoms with van der Waals surface area (Å²) in [7, 11) is 1.44. The van der Waals surface area contributed by atoms with Crippen molar-refractivity contribution >= 4 is 11.7 Å². The summed E-state index contributed by atoms with van der Waals surface area (Å²) in [6.07, 6.45) is 0.854. The molecule has 0 amide bonds. The molecule has 0 unspecified atom stereocenters. The fourth-order valence-electron chi connectivity index (χ4n) is 1.91. The second kappa shape index (κ2) is 3.73. The molecule has 0 aliphatic heterocycles. The highest BCUT2D eigenvalue weighted by Crippen LogP contribution is 2.52. The summed E-state index contributed by atoms with van der Waals surface area (Å²) < 4.78 is 4.98. The number of hydrogen-bond donors (Lipinski definition) is 1. The number of benzene rings is 1. The van der Waals surface area contributed by atoms with E-state index in [2.05, 4.69) is 0 Å². The van der Waals surface area contributed by atoms with Crippen molar-refractivity contribution in [3.8, 4) is 5.75 Å². The van der Waals surface area contributed by atoms with Crippen molar-refractivity contribution in [1.82, 2.24) is 0 Å². The van der Waals surface area contributed by atoms with Gasteiger partial charge in [-0.25, -0.2) is 0 Å². The molecule has 90 valence electrons. The minimum atomic E-state index is -1.10. The van der Waals surface area contributed by atoms with Crippen LogP contribution in [0.5, 0.6) is 5.75 Å². The van der Waals surface area contributed by atoms with Gasteiger partial charge in [-0.1, -0.05) is 0 Å². The Morgan fingerprint density at radius 2 is 2.18 bits per heavy atom. The lowest BCUT2D eigenvalue weighted by molar-refractivity contribution is -0.385. The predicted octanol–water partition coefficient (Wildman–Crippen LogP) is 1.72. The van der Waals surface area contributed by atoms with E-state index in [9.17, 15) is 14.9 Å². The Morgan fingerprint density at radius 1 is 1.53 bits per heavy atom. The maximum Gasteiger partial charge on any atom is 0.314 e. The van der Waals surface area contributed by atoms with Crippen molar-refractivity contribution in [1.29, 1.82) is 0 Å². The number of nitrogens with zero attached hydrogens (tertiary/aromatic N) is 1. The highest BCUT2D eigenvalue weighted by atomic mass is 16.6. The average molecular weight is 237 g/mol. The summed E-state index contributed by atoms with van der Waals surface area (Å²) >= 11 is 0. The fourth-order valence-corrected chi connectivity index (χ4v) is 1.91. The summed E-state index contributed by atoms with van der Waals surface area (Å²) in [6.45, 7) is 0. The minimum Gasteiger partial charge on any atom is -0.497 e. The Labute approximate surface area is 97.0 Å². The van der Waals surface area contributed by atoms with Gasteiger partial charge in [-0.15, -0.1) is 0 Å². The summed E-state index contributed by atoms with van der Waals surface area (Å²) in [6, 6.07) is 4.19. The molecule has 0 spiro atoms. The van der Waals surface area contributed by atoms with Gasteiger partial charge in [0.2, 0.25) is 0 Å². The van der Waals surface area contributed by atoms with Gasteiger partial charge in [0.1, 0.15) is 5.75 Å². The number of nitro benzene ring substituents is 1. The number of aliphatic carboxylic acids is 1. The minimum absolute atomic E-state index is 0.161. The number of hydrogen-bond acceptors (Lipinski definition) is 4. The van der Waals surface area contributed by atoms with Crippen LogP contribution in [0, 0.1) is 10.1 Å². The Kier molecular flexibility index (Phi) is 2.49. The van der Waals surface area contributed by atoms with Crippen molar-refractivity contribution in [3.63, 3.8) is 0 Å². The van der Waals surface area contributed by atoms with Gasteiger partial charge in [-0.05, 0) is 25.0 Å². The van der Waals surface area contributed by atoms with Gasteiger partial charge in [0.25, 0.3) is 5.69 Å². The standard InChI is InChI=1S/C11H11NO5/c1-17-7-2-3-9(12(15)16)8(6-7)11(4-5-11)10(13)14/h2-3,6H,4-5H2,1H3,(H,13,14). The van der Waals surface area contributed by atoms with Crippen molar-refractivity contribution in [3.05, 3.63) is 33.9 Å². The molecule has 6 heteroatoms. The molecule has 0 atom stereocenters. The molecule has 1 N–H and O–H groups in total. The number of nitro groups is 1. The summed E-state index contributed by atoms with van der Waals surface area (Å²) in [5.74, 6) is -0.591. The number of rotatable bonds is 4. The summed E-state index contributed by atoms with van der Waals surface area (Å²) in [5.41, 5.74) is -1.03. The van der Waals surface area contributed by atoms with Crippen molar-refractivity contribution in [2.75, 3.05) is 7.11 Å². The summed E-state index contributed by atoms with van der Waals surface area (Å²) in [4.78, 5) is 21.5. The molecule has 0 heterocycles. The third-order valence-electron chi connectivity index (χ3n) is 3.08. The molecule has 1 aromatic carbocycles. The zero-order chi connectivity index (χ0) is 12.6. The van der Waals surface area contributed by atoms with Crippen LogP contribution in [0.25, 0.3) is 0 Å². The topological polar surface area (TPSA) is 89.7 Å². The lowest BCUT2D eigenvalue weighted by Crippen LogP contribution is -2.20. The van der Waals surface area contributed by atoms with E-state index < -0.39 is 16.3 Å². The van der Waals surface area contributed by atoms with Gasteiger partial charge >= 0.3 is 5.97 Å². The van der Waals surface area contributed by atoms with E-state index >= 15 is 0 Å². The van der Waals surface area contributed by atoms with Gasteiger partial charge in [0.15, 0.2) is 0 Å². The Balaban J connectivity index is 2.57. The van der Waals surface area contributed by atoms with Crippen LogP contribution in [0.15, 0.2) is 18.2 Å². The Morgan fingerprint density at radius 3 is 2.59 bits per heavy atom. The molecular weight excluding hydrogens is 226 g/mol. The third kappa shape index (κ3) is 1.71. The zero-order valence-electron chi connectivity index (χ0n) is 9.17. The molecule has 0 radical (unpaired) electrons. The number of methoxy groups -OCH3 is 1. The lowest BCUT2D eigenvalue weighted by atomic mass is 9.94. The van der Waals surface area contributed by atoms with Crippen LogP contribution in [0.1, 0.15) is 18.4 Å². The molecule has 17 heavy (non-hydrogen) atoms. The van der Waals surface area contributed by atoms with Gasteiger partial charge in [0.05, 0.1) is 23.0 Å². The monoisotopic (exact) mass is 237 g/mol. The van der Waals surface area contributed by atoms with Crippen LogP contribution in [0.2, 0.25) is 0 Å². The normalized spacial score (nSPS) is 16.3. The van der Waals surface area contributed by atoms with E-state index in [1.54, 1.807) is 0 Å². The highest BCUT2D eigenvalue weighted by Gasteiger charge is 2.55. The first-order chi connectivity index (χ1) is 8.01. The number of ether oxygens (including phenoxy) is 1. The maximum absolute atomic E-state index is 11.2. The fraction of sp³-hybridized carbons (Fsp3) is 0.364. The third-order valence-corrected chi connectivity index (χ3v) is 3.08. The molecule has 1 aliphatic carbocycles. The first-order valence-electron chi connectivity index (χ1n) is 5.07. The Hall–Kier alpha value is -2.11. The van der Waals surface area contributed by atoms with E-state index in [0.717, 1.165) is 0 Å². The molecule has 1 aromatic rings. The predicted molar refractivity (Wildman–Crippen MR) is 58.2 cm³/mol. The van der Waals surface area contributed by atoms with Crippen molar-refractivity contribution in [2.24, 2.45) is 0 Å². The van der Waals surface area contributed by atoms with Crippen LogP contribution in [-0.4, -0.2) is 23.1 Å². The SMILES string of the molecule is COc1ccc([N+](=O)[O-])c(C2(C(=O)O)CC2)c1. The molecule has 1 saturated carbocycles. The van der Waals surface area contributed by atoms with E-state index in [1.165, 1.54) is 25.3 Å². The van der Waals surface area contributed by atoms with Gasteiger partial charge in [-0.2, -0.15) is 0 Å². The summed E-state index contributed by atoms with van der Waals surface area (Å²) in [5, 5.41) is 20.1. The molecule has 1 aliphatic rings. The largest absolute Gasteiger partial charge is 0.497 e. The van der Waals surface area contributed by atoms with E-state index in [4.69, 9.17) is 9.84 Å². The van der Waals surface area contributed by atoms with E-state index in [0.29, 0.717) is 18.6 Å². The molecule has 1 fully saturated rings. The van der Waals surface area contributed by atoms with Crippen LogP contribution < -0.4 is 4.74 Å². The average Bonchev–Trinajstić information content (AvgIpc) is 3.09. The smallest absolute Gasteiger partial charge is 0.314 e. The molecule has 6 nitrogen and oxygen atoms in total. The molecular formula is C11H11NO5. The van der Waals surface area contributed by atoms with E-state index in [1.807, 2.05) is 0 Å². The van der Waals surface area contributed by atoms with Crippen LogP contribution in [0.4, 0.5) is 5.69 Å². The quantitative estimate of drug-likeness (QED) is 0.636. The molecule has 0 aromatic heterocycles. The van der Waals surface area contributed by atoms with E-state index in [-0.39, 0.29) is 11.3 Å². The first kappa shape index (κ1) is 11.4. The van der Waals surface area contributed by atoms with Gasteiger partial charge in [-0.3, -0.25) is 14.9 Å². The highest BCUT2D eigenvalue weighted by molar-refractivity contribution is 5.86. The molecule has 2 rings (SSSR count). The first-order valence-corrected chi connectivity index (χ1v) is 5.07. The second-order valence-corrected chi connectivity index (χ2v) is 4.03. The van der Waals surface area contributed by atoms with Crippen LogP contribution in [-0.2, 0) is 10.2 Å². The van der Waals surface area contributed by atoms with Crippen molar-refractivity contribution < 1.29 is 19.6 Å². The number of carboxylic acids is 1. The van der Waals surface area contributed by atoms with Crippen LogP contribution in [0.3, 0.4) is 0 Å². The van der Waals surface area contributed by atoms with Gasteiger partial charge in [0, 0.05) is 6.07 Å². The zero-order valence-corrected chi connectivity index (χ0v) is 9.17. The van der Waals surface area contributed by atoms with Crippen molar-refractivity contribution in [2.45, 2.75) is 18.3 Å². The molecule has 0 bridgehead atoms. The Bertz CT molecular complexity index is 493. The van der Waals surface area contributed by atoms with Gasteiger partial charge < -0.3 is 9.84 Å².